The first-order valence-corrected chi connectivity index (χ1v) is 20.3. The molecule has 5 N–H and O–H groups in total. The molecule has 1 saturated heterocycles. The van der Waals surface area contributed by atoms with Gasteiger partial charge in [-0.05, 0) is 37.2 Å². The molecular formula is C42H66N8O8. The van der Waals surface area contributed by atoms with Crippen LogP contribution in [0.15, 0.2) is 36.5 Å². The fraction of sp³-hybridized carbons (Fsp3) is 0.643. The molecule has 1 fully saturated rings. The van der Waals surface area contributed by atoms with E-state index in [1.807, 2.05) is 58.0 Å². The van der Waals surface area contributed by atoms with Crippen LogP contribution in [0.1, 0.15) is 81.9 Å². The van der Waals surface area contributed by atoms with Gasteiger partial charge in [0.1, 0.15) is 12.1 Å². The molecule has 2 heterocycles. The Kier molecular flexibility index (Phi) is 19.0. The summed E-state index contributed by atoms with van der Waals surface area (Å²) in [7, 11) is 6.08. The number of methoxy groups -OCH3 is 3. The van der Waals surface area contributed by atoms with Crippen molar-refractivity contribution in [2.75, 3.05) is 53.3 Å². The standard InChI is InChI=1S/C42H66N8O8/c1-11-26(4)36(49(7)40(54)35(25(2)3)48-42-45-24-30(28(6)46-42)39(53)44-20-19-43)33(56-8)23-34(51)50-21-15-18-32(50)37(57-9)27(5)38(52)47-31(41(55)58-10)22-29-16-13-12-14-17-29/h12-14,16-17,24-27,31-33,35-37H,11,15,18-23,43H2,1-10H3,(H,44,53)(H,47,52)(H,45,46,48)/t26-,27+,31?,32?,33+,35?,36-,37+/m0/s1. The third-order valence-corrected chi connectivity index (χ3v) is 11.2. The number of rotatable bonds is 22. The van der Waals surface area contributed by atoms with Crippen molar-refractivity contribution in [2.45, 2.75) is 110 Å². The molecule has 58 heavy (non-hydrogen) atoms. The minimum absolute atomic E-state index is 0.00606. The maximum absolute atomic E-state index is 14.3. The lowest BCUT2D eigenvalue weighted by atomic mass is 9.89. The van der Waals surface area contributed by atoms with Crippen molar-refractivity contribution in [1.29, 1.82) is 0 Å². The number of likely N-dealkylation sites (tertiary alicyclic amines) is 1. The molecule has 0 bridgehead atoms. The Morgan fingerprint density at radius 1 is 1.03 bits per heavy atom. The van der Waals surface area contributed by atoms with Gasteiger partial charge in [-0.2, -0.15) is 0 Å². The summed E-state index contributed by atoms with van der Waals surface area (Å²) in [6, 6.07) is 6.85. The summed E-state index contributed by atoms with van der Waals surface area (Å²) >= 11 is 0. The van der Waals surface area contributed by atoms with E-state index in [4.69, 9.17) is 19.9 Å². The maximum atomic E-state index is 14.3. The van der Waals surface area contributed by atoms with Gasteiger partial charge >= 0.3 is 5.97 Å². The first-order chi connectivity index (χ1) is 27.6. The number of aromatic nitrogens is 2. The number of amides is 4. The monoisotopic (exact) mass is 811 g/mol. The van der Waals surface area contributed by atoms with Gasteiger partial charge in [-0.3, -0.25) is 19.2 Å². The van der Waals surface area contributed by atoms with E-state index in [0.717, 1.165) is 12.0 Å². The molecule has 322 valence electrons. The summed E-state index contributed by atoms with van der Waals surface area (Å²) in [5.74, 6) is -2.40. The van der Waals surface area contributed by atoms with Gasteiger partial charge < -0.3 is 45.7 Å². The molecule has 1 aliphatic rings. The Balaban J connectivity index is 1.78. The first-order valence-electron chi connectivity index (χ1n) is 20.3. The number of nitrogens with one attached hydrogen (secondary N) is 3. The normalized spacial score (nSPS) is 17.7. The average molecular weight is 811 g/mol. The fourth-order valence-electron chi connectivity index (χ4n) is 7.71. The van der Waals surface area contributed by atoms with Gasteiger partial charge in [0, 0.05) is 53.5 Å². The number of nitrogens with zero attached hydrogens (tertiary/aromatic N) is 4. The molecule has 1 aliphatic heterocycles. The van der Waals surface area contributed by atoms with E-state index in [1.54, 1.807) is 37.8 Å². The van der Waals surface area contributed by atoms with Crippen LogP contribution in [-0.2, 0) is 39.8 Å². The number of likely N-dealkylation sites (N-methyl/N-ethyl adjacent to an activating group) is 1. The molecule has 0 spiro atoms. The Hall–Kier alpha value is -4.67. The van der Waals surface area contributed by atoms with E-state index in [2.05, 4.69) is 25.9 Å². The predicted octanol–water partition coefficient (Wildman–Crippen LogP) is 2.73. The second-order valence-corrected chi connectivity index (χ2v) is 15.5. The van der Waals surface area contributed by atoms with Crippen LogP contribution in [0.5, 0.6) is 0 Å². The Morgan fingerprint density at radius 3 is 2.29 bits per heavy atom. The number of carbonyl (C=O) groups excluding carboxylic acids is 5. The molecule has 4 amide bonds. The molecule has 8 atom stereocenters. The van der Waals surface area contributed by atoms with Crippen molar-refractivity contribution in [2.24, 2.45) is 23.5 Å². The lowest BCUT2D eigenvalue weighted by Gasteiger charge is -2.40. The third kappa shape index (κ3) is 12.4. The molecular weight excluding hydrogens is 745 g/mol. The van der Waals surface area contributed by atoms with Crippen LogP contribution in [0.25, 0.3) is 0 Å². The molecule has 3 unspecified atom stereocenters. The van der Waals surface area contributed by atoms with Crippen molar-refractivity contribution >= 4 is 35.5 Å². The minimum Gasteiger partial charge on any atom is -0.467 e. The van der Waals surface area contributed by atoms with E-state index in [9.17, 15) is 24.0 Å². The first kappa shape index (κ1) is 47.7. The number of hydrogen-bond acceptors (Lipinski definition) is 12. The number of ether oxygens (including phenoxy) is 3. The van der Waals surface area contributed by atoms with E-state index in [-0.39, 0.29) is 54.3 Å². The van der Waals surface area contributed by atoms with Crippen LogP contribution in [0.2, 0.25) is 0 Å². The Bertz CT molecular complexity index is 1660. The highest BCUT2D eigenvalue weighted by atomic mass is 16.5. The van der Waals surface area contributed by atoms with Crippen molar-refractivity contribution in [1.82, 2.24) is 30.4 Å². The Labute approximate surface area is 343 Å². The number of carbonyl (C=O) groups is 5. The molecule has 0 radical (unpaired) electrons. The second-order valence-electron chi connectivity index (χ2n) is 15.5. The van der Waals surface area contributed by atoms with Crippen molar-refractivity contribution in [3.63, 3.8) is 0 Å². The molecule has 16 nitrogen and oxygen atoms in total. The van der Waals surface area contributed by atoms with Gasteiger partial charge in [-0.15, -0.1) is 0 Å². The smallest absolute Gasteiger partial charge is 0.328 e. The van der Waals surface area contributed by atoms with Gasteiger partial charge in [-0.1, -0.05) is 71.4 Å². The summed E-state index contributed by atoms with van der Waals surface area (Å²) in [4.78, 5) is 79.7. The topological polar surface area (TPSA) is 207 Å². The van der Waals surface area contributed by atoms with E-state index in [1.165, 1.54) is 20.4 Å². The second kappa shape index (κ2) is 23.1. The van der Waals surface area contributed by atoms with Crippen molar-refractivity contribution in [3.8, 4) is 0 Å². The summed E-state index contributed by atoms with van der Waals surface area (Å²) in [5, 5.41) is 8.76. The molecule has 1 aromatic heterocycles. The zero-order valence-electron chi connectivity index (χ0n) is 35.9. The van der Waals surface area contributed by atoms with Gasteiger partial charge in [0.05, 0.1) is 55.0 Å². The van der Waals surface area contributed by atoms with Crippen molar-refractivity contribution < 1.29 is 38.2 Å². The van der Waals surface area contributed by atoms with Gasteiger partial charge in [0.25, 0.3) is 5.91 Å². The van der Waals surface area contributed by atoms with Gasteiger partial charge in [-0.25, -0.2) is 14.8 Å². The minimum atomic E-state index is -0.900. The summed E-state index contributed by atoms with van der Waals surface area (Å²) < 4.78 is 17.0. The lowest BCUT2D eigenvalue weighted by molar-refractivity contribution is -0.148. The molecule has 0 aliphatic carbocycles. The zero-order chi connectivity index (χ0) is 43.1. The molecule has 2 aromatic rings. The largest absolute Gasteiger partial charge is 0.467 e. The molecule has 16 heteroatoms. The number of benzene rings is 1. The van der Waals surface area contributed by atoms with Crippen LogP contribution < -0.4 is 21.7 Å². The van der Waals surface area contributed by atoms with Crippen LogP contribution in [0.3, 0.4) is 0 Å². The highest BCUT2D eigenvalue weighted by Gasteiger charge is 2.43. The van der Waals surface area contributed by atoms with Crippen LogP contribution in [0.4, 0.5) is 5.95 Å². The van der Waals surface area contributed by atoms with Crippen LogP contribution >= 0.6 is 0 Å². The van der Waals surface area contributed by atoms with Crippen LogP contribution in [-0.4, -0.2) is 134 Å². The maximum Gasteiger partial charge on any atom is 0.328 e. The van der Waals surface area contributed by atoms with E-state index < -0.39 is 48.3 Å². The number of hydrogen-bond donors (Lipinski definition) is 4. The summed E-state index contributed by atoms with van der Waals surface area (Å²) in [5.41, 5.74) is 7.15. The predicted molar refractivity (Wildman–Crippen MR) is 221 cm³/mol. The SMILES string of the molecule is CC[C@H](C)[C@@H]([C@@H](CC(=O)N1CCCC1[C@H](OC)[C@@H](C)C(=O)NC(Cc1ccccc1)C(=O)OC)OC)N(C)C(=O)C(Nc1ncc(C(=O)NCCN)c(C)n1)C(C)C. The Morgan fingerprint density at radius 2 is 1.72 bits per heavy atom. The quantitative estimate of drug-likeness (QED) is 0.127. The molecule has 3 rings (SSSR count). The summed E-state index contributed by atoms with van der Waals surface area (Å²) in [6.45, 7) is 12.4. The molecule has 0 saturated carbocycles. The number of nitrogens with two attached hydrogens (primary N) is 1. The third-order valence-electron chi connectivity index (χ3n) is 11.2. The number of esters is 1. The zero-order valence-corrected chi connectivity index (χ0v) is 35.9. The number of anilines is 1. The average Bonchev–Trinajstić information content (AvgIpc) is 3.70. The van der Waals surface area contributed by atoms with Gasteiger partial charge in [0.15, 0.2) is 0 Å². The highest BCUT2D eigenvalue weighted by Crippen LogP contribution is 2.30. The van der Waals surface area contributed by atoms with Gasteiger partial charge in [0.2, 0.25) is 23.7 Å². The highest BCUT2D eigenvalue weighted by molar-refractivity contribution is 5.95. The van der Waals surface area contributed by atoms with E-state index in [0.29, 0.717) is 43.7 Å². The van der Waals surface area contributed by atoms with Crippen molar-refractivity contribution in [3.05, 3.63) is 53.3 Å². The lowest BCUT2D eigenvalue weighted by Crippen LogP contribution is -2.56. The molecule has 1 aromatic carbocycles. The number of aryl methyl sites for hydroxylation is 1. The van der Waals surface area contributed by atoms with Crippen LogP contribution in [0, 0.1) is 24.7 Å². The summed E-state index contributed by atoms with van der Waals surface area (Å²) in [6.07, 6.45) is 2.42. The fourth-order valence-corrected chi connectivity index (χ4v) is 7.71. The van der Waals surface area contributed by atoms with E-state index >= 15 is 0 Å².